The number of hydrogen-bond acceptors (Lipinski definition) is 5. The molecule has 0 saturated carbocycles. The molecule has 0 radical (unpaired) electrons. The Morgan fingerprint density at radius 2 is 2.19 bits per heavy atom. The number of benzene rings is 1. The number of oxazole rings is 1. The van der Waals surface area contributed by atoms with Crippen LogP contribution in [0.5, 0.6) is 0 Å². The number of nitrogens with zero attached hydrogens (tertiary/aromatic N) is 4. The van der Waals surface area contributed by atoms with Crippen molar-refractivity contribution in [2.24, 2.45) is 0 Å². The summed E-state index contributed by atoms with van der Waals surface area (Å²) in [6.45, 7) is 3.30. The van der Waals surface area contributed by atoms with Crippen LogP contribution < -0.4 is 0 Å². The van der Waals surface area contributed by atoms with Crippen molar-refractivity contribution in [2.45, 2.75) is 37.8 Å². The molecule has 1 aliphatic heterocycles. The highest BCUT2D eigenvalue weighted by atomic mass is 32.2. The molecule has 0 atom stereocenters. The van der Waals surface area contributed by atoms with E-state index in [4.69, 9.17) is 4.42 Å². The summed E-state index contributed by atoms with van der Waals surface area (Å²) < 4.78 is 47.8. The van der Waals surface area contributed by atoms with E-state index in [0.29, 0.717) is 24.4 Å². The van der Waals surface area contributed by atoms with Crippen LogP contribution in [-0.4, -0.2) is 34.0 Å². The van der Waals surface area contributed by atoms with Crippen molar-refractivity contribution < 1.29 is 17.2 Å². The number of sulfonamides is 1. The third-order valence-electron chi connectivity index (χ3n) is 4.64. The van der Waals surface area contributed by atoms with Gasteiger partial charge >= 0.3 is 0 Å². The lowest BCUT2D eigenvalue weighted by Gasteiger charge is -2.27. The van der Waals surface area contributed by atoms with Gasteiger partial charge in [0.2, 0.25) is 10.0 Å². The average Bonchev–Trinajstić information content (AvgIpc) is 3.30. The fourth-order valence-electron chi connectivity index (χ4n) is 3.38. The molecule has 0 saturated heterocycles. The zero-order valence-corrected chi connectivity index (χ0v) is 15.6. The first-order valence-electron chi connectivity index (χ1n) is 8.73. The predicted octanol–water partition coefficient (Wildman–Crippen LogP) is 2.83. The lowest BCUT2D eigenvalue weighted by atomic mass is 10.1. The van der Waals surface area contributed by atoms with Crippen molar-refractivity contribution in [3.63, 3.8) is 0 Å². The molecule has 27 heavy (non-hydrogen) atoms. The molecule has 0 unspecified atom stereocenters. The Balaban J connectivity index is 1.74. The number of rotatable bonds is 5. The molecule has 0 fully saturated rings. The molecule has 4 rings (SSSR count). The van der Waals surface area contributed by atoms with Crippen LogP contribution in [0.25, 0.3) is 11.4 Å². The Morgan fingerprint density at radius 1 is 1.33 bits per heavy atom. The van der Waals surface area contributed by atoms with Crippen LogP contribution in [0.2, 0.25) is 0 Å². The maximum Gasteiger partial charge on any atom is 0.243 e. The summed E-state index contributed by atoms with van der Waals surface area (Å²) in [5.74, 6) is -0.576. The topological polar surface area (TPSA) is 81.2 Å². The van der Waals surface area contributed by atoms with E-state index in [1.165, 1.54) is 35.2 Å². The zero-order valence-electron chi connectivity index (χ0n) is 14.8. The molecule has 142 valence electrons. The molecule has 0 spiro atoms. The van der Waals surface area contributed by atoms with Crippen molar-refractivity contribution in [3.8, 4) is 11.4 Å². The van der Waals surface area contributed by atoms with Crippen LogP contribution in [0.1, 0.15) is 24.6 Å². The van der Waals surface area contributed by atoms with Crippen molar-refractivity contribution in [1.82, 2.24) is 19.1 Å². The van der Waals surface area contributed by atoms with Crippen molar-refractivity contribution in [3.05, 3.63) is 54.0 Å². The summed E-state index contributed by atoms with van der Waals surface area (Å²) in [5, 5.41) is 4.64. The Labute approximate surface area is 156 Å². The van der Waals surface area contributed by atoms with E-state index in [1.54, 1.807) is 0 Å². The van der Waals surface area contributed by atoms with E-state index in [-0.39, 0.29) is 11.4 Å². The largest absolute Gasteiger partial charge is 0.451 e. The molecule has 2 aromatic heterocycles. The molecule has 9 heteroatoms. The first-order valence-corrected chi connectivity index (χ1v) is 10.2. The van der Waals surface area contributed by atoms with E-state index < -0.39 is 15.8 Å². The van der Waals surface area contributed by atoms with Gasteiger partial charge in [0.05, 0.1) is 4.90 Å². The molecule has 0 N–H and O–H groups in total. The molecule has 1 aromatic carbocycles. The summed E-state index contributed by atoms with van der Waals surface area (Å²) in [6, 6.07) is 5.08. The third-order valence-corrected chi connectivity index (χ3v) is 6.48. The lowest BCUT2D eigenvalue weighted by molar-refractivity contribution is 0.382. The monoisotopic (exact) mass is 390 g/mol. The fourth-order valence-corrected chi connectivity index (χ4v) is 4.82. The van der Waals surface area contributed by atoms with Gasteiger partial charge in [0.1, 0.15) is 23.5 Å². The Bertz CT molecular complexity index is 1060. The molecular weight excluding hydrogens is 371 g/mol. The van der Waals surface area contributed by atoms with Crippen LogP contribution in [-0.2, 0) is 29.5 Å². The number of aryl methyl sites for hydroxylation is 1. The van der Waals surface area contributed by atoms with E-state index in [2.05, 4.69) is 17.0 Å². The predicted molar refractivity (Wildman–Crippen MR) is 95.7 cm³/mol. The third kappa shape index (κ3) is 3.17. The molecule has 3 heterocycles. The summed E-state index contributed by atoms with van der Waals surface area (Å²) in [4.78, 5) is 4.12. The molecule has 0 bridgehead atoms. The second-order valence-corrected chi connectivity index (χ2v) is 8.35. The lowest BCUT2D eigenvalue weighted by Crippen LogP contribution is -2.36. The Morgan fingerprint density at radius 3 is 2.89 bits per heavy atom. The van der Waals surface area contributed by atoms with Gasteiger partial charge in [-0.15, -0.1) is 0 Å². The van der Waals surface area contributed by atoms with Crippen molar-refractivity contribution in [2.75, 3.05) is 6.54 Å². The zero-order chi connectivity index (χ0) is 19.0. The minimum absolute atomic E-state index is 0.0464. The quantitative estimate of drug-likeness (QED) is 0.669. The van der Waals surface area contributed by atoms with E-state index in [9.17, 15) is 12.8 Å². The Kier molecular flexibility index (Phi) is 4.56. The van der Waals surface area contributed by atoms with Gasteiger partial charge in [-0.25, -0.2) is 17.8 Å². The minimum atomic E-state index is -3.80. The second-order valence-electron chi connectivity index (χ2n) is 6.42. The summed E-state index contributed by atoms with van der Waals surface area (Å²) in [7, 11) is -3.80. The molecule has 0 aliphatic carbocycles. The van der Waals surface area contributed by atoms with Gasteiger partial charge in [-0.3, -0.25) is 4.68 Å². The van der Waals surface area contributed by atoms with Crippen LogP contribution in [0, 0.1) is 5.82 Å². The van der Waals surface area contributed by atoms with E-state index in [1.807, 2.05) is 4.68 Å². The van der Waals surface area contributed by atoms with Crippen LogP contribution >= 0.6 is 0 Å². The maximum atomic E-state index is 13.5. The highest BCUT2D eigenvalue weighted by molar-refractivity contribution is 7.89. The standard InChI is InChI=1S/C18H19FN4O3S/c1-2-7-23-17-6-8-22(27(24,25)14-5-3-4-13(19)9-14)10-15(17)18(21-23)16-11-26-12-20-16/h3-5,9,11-12H,2,6-8,10H2,1H3. The van der Waals surface area contributed by atoms with Gasteiger partial charge in [-0.05, 0) is 24.6 Å². The van der Waals surface area contributed by atoms with Gasteiger partial charge in [-0.2, -0.15) is 9.40 Å². The number of fused-ring (bicyclic) bond motifs is 1. The van der Waals surface area contributed by atoms with Gasteiger partial charge in [0.25, 0.3) is 0 Å². The van der Waals surface area contributed by atoms with Crippen molar-refractivity contribution in [1.29, 1.82) is 0 Å². The first kappa shape index (κ1) is 17.9. The maximum absolute atomic E-state index is 13.5. The first-order chi connectivity index (χ1) is 13.0. The Hall–Kier alpha value is -2.52. The summed E-state index contributed by atoms with van der Waals surface area (Å²) in [5.41, 5.74) is 3.04. The molecule has 7 nitrogen and oxygen atoms in total. The minimum Gasteiger partial charge on any atom is -0.451 e. The number of hydrogen-bond donors (Lipinski definition) is 0. The van der Waals surface area contributed by atoms with Crippen LogP contribution in [0.15, 0.2) is 46.2 Å². The number of halogens is 1. The highest BCUT2D eigenvalue weighted by Gasteiger charge is 2.33. The second kappa shape index (κ2) is 6.90. The number of aromatic nitrogens is 3. The average molecular weight is 390 g/mol. The van der Waals surface area contributed by atoms with Gasteiger partial charge in [-0.1, -0.05) is 13.0 Å². The van der Waals surface area contributed by atoms with Gasteiger partial charge < -0.3 is 4.42 Å². The van der Waals surface area contributed by atoms with Gasteiger partial charge in [0.15, 0.2) is 6.39 Å². The summed E-state index contributed by atoms with van der Waals surface area (Å²) in [6.07, 6.45) is 4.27. The molecular formula is C18H19FN4O3S. The smallest absolute Gasteiger partial charge is 0.243 e. The molecule has 0 amide bonds. The SMILES string of the molecule is CCCn1nc(-c2cocn2)c2c1CCN(S(=O)(=O)c1cccc(F)c1)C2. The highest BCUT2D eigenvalue weighted by Crippen LogP contribution is 2.32. The van der Waals surface area contributed by atoms with Crippen molar-refractivity contribution >= 4 is 10.0 Å². The normalized spacial score (nSPS) is 15.0. The van der Waals surface area contributed by atoms with Crippen LogP contribution in [0.3, 0.4) is 0 Å². The fraction of sp³-hybridized carbons (Fsp3) is 0.333. The summed E-state index contributed by atoms with van der Waals surface area (Å²) >= 11 is 0. The van der Waals surface area contributed by atoms with Gasteiger partial charge in [0, 0.05) is 37.3 Å². The van der Waals surface area contributed by atoms with Crippen LogP contribution in [0.4, 0.5) is 4.39 Å². The van der Waals surface area contributed by atoms with E-state index >= 15 is 0 Å². The van der Waals surface area contributed by atoms with E-state index in [0.717, 1.165) is 30.3 Å². The molecule has 1 aliphatic rings. The molecule has 3 aromatic rings.